The molecule has 2 N–H and O–H groups in total. The highest BCUT2D eigenvalue weighted by Gasteiger charge is 2.20. The SMILES string of the molecule is CCNc1cc(C(=O)NC2CCS(=O)CC2)cc(Cl)n1. The van der Waals surface area contributed by atoms with E-state index >= 15 is 0 Å². The second-order valence-corrected chi connectivity index (χ2v) is 6.77. The molecule has 1 fully saturated rings. The normalized spacial score (nSPS) is 22.3. The predicted molar refractivity (Wildman–Crippen MR) is 81.8 cm³/mol. The molecule has 1 aliphatic rings. The van der Waals surface area contributed by atoms with Crippen molar-refractivity contribution >= 4 is 34.1 Å². The van der Waals surface area contributed by atoms with E-state index < -0.39 is 10.8 Å². The summed E-state index contributed by atoms with van der Waals surface area (Å²) in [7, 11) is -0.723. The molecule has 1 aliphatic heterocycles. The zero-order chi connectivity index (χ0) is 14.5. The molecule has 1 amide bonds. The van der Waals surface area contributed by atoms with E-state index in [-0.39, 0.29) is 11.9 Å². The Balaban J connectivity index is 2.03. The van der Waals surface area contributed by atoms with Crippen LogP contribution in [-0.4, -0.2) is 39.2 Å². The Labute approximate surface area is 126 Å². The molecule has 1 saturated heterocycles. The number of nitrogens with zero attached hydrogens (tertiary/aromatic N) is 1. The van der Waals surface area contributed by atoms with Gasteiger partial charge < -0.3 is 10.6 Å². The molecule has 1 aromatic rings. The van der Waals surface area contributed by atoms with Gasteiger partial charge in [0.15, 0.2) is 0 Å². The Hall–Kier alpha value is -1.14. The zero-order valence-electron chi connectivity index (χ0n) is 11.3. The van der Waals surface area contributed by atoms with Gasteiger partial charge in [-0.05, 0) is 31.9 Å². The summed E-state index contributed by atoms with van der Waals surface area (Å²) in [6.45, 7) is 2.66. The van der Waals surface area contributed by atoms with E-state index in [9.17, 15) is 9.00 Å². The molecule has 0 radical (unpaired) electrons. The fraction of sp³-hybridized carbons (Fsp3) is 0.538. The fourth-order valence-electron chi connectivity index (χ4n) is 2.11. The maximum Gasteiger partial charge on any atom is 0.251 e. The number of carbonyl (C=O) groups excluding carboxylic acids is 1. The molecule has 2 heterocycles. The van der Waals surface area contributed by atoms with Crippen molar-refractivity contribution in [1.82, 2.24) is 10.3 Å². The van der Waals surface area contributed by atoms with E-state index in [1.165, 1.54) is 0 Å². The minimum absolute atomic E-state index is 0.0923. The number of anilines is 1. The van der Waals surface area contributed by atoms with Crippen molar-refractivity contribution in [2.45, 2.75) is 25.8 Å². The van der Waals surface area contributed by atoms with Crippen molar-refractivity contribution in [2.75, 3.05) is 23.4 Å². The van der Waals surface area contributed by atoms with Crippen LogP contribution < -0.4 is 10.6 Å². The van der Waals surface area contributed by atoms with Crippen LogP contribution in [0.3, 0.4) is 0 Å². The van der Waals surface area contributed by atoms with E-state index in [0.717, 1.165) is 12.8 Å². The predicted octanol–water partition coefficient (Wildman–Crippen LogP) is 1.81. The maximum atomic E-state index is 12.2. The second-order valence-electron chi connectivity index (χ2n) is 4.69. The second kappa shape index (κ2) is 7.04. The van der Waals surface area contributed by atoms with Crippen LogP contribution in [0.2, 0.25) is 5.15 Å². The van der Waals surface area contributed by atoms with Crippen LogP contribution in [0.25, 0.3) is 0 Å². The first-order valence-electron chi connectivity index (χ1n) is 6.65. The Morgan fingerprint density at radius 3 is 2.80 bits per heavy atom. The molecule has 0 saturated carbocycles. The maximum absolute atomic E-state index is 12.2. The van der Waals surface area contributed by atoms with E-state index in [0.29, 0.717) is 34.6 Å². The topological polar surface area (TPSA) is 71.1 Å². The molecule has 110 valence electrons. The van der Waals surface area contributed by atoms with Gasteiger partial charge in [-0.25, -0.2) is 4.98 Å². The highest BCUT2D eigenvalue weighted by Crippen LogP contribution is 2.16. The molecule has 1 aromatic heterocycles. The molecule has 0 bridgehead atoms. The number of amides is 1. The summed E-state index contributed by atoms with van der Waals surface area (Å²) in [5.74, 6) is 1.75. The number of rotatable bonds is 4. The van der Waals surface area contributed by atoms with Gasteiger partial charge in [-0.15, -0.1) is 0 Å². The molecule has 20 heavy (non-hydrogen) atoms. The van der Waals surface area contributed by atoms with Crippen molar-refractivity contribution in [1.29, 1.82) is 0 Å². The Bertz CT molecular complexity index is 514. The quantitative estimate of drug-likeness (QED) is 0.831. The molecule has 0 aromatic carbocycles. The molecule has 5 nitrogen and oxygen atoms in total. The number of nitrogens with one attached hydrogen (secondary N) is 2. The standard InChI is InChI=1S/C13H18ClN3O2S/c1-2-15-12-8-9(7-11(14)17-12)13(18)16-10-3-5-20(19)6-4-10/h7-8,10H,2-6H2,1H3,(H,15,17)(H,16,18). The van der Waals surface area contributed by atoms with Gasteiger partial charge >= 0.3 is 0 Å². The third kappa shape index (κ3) is 4.18. The number of carbonyl (C=O) groups is 1. The number of pyridine rings is 1. The van der Waals surface area contributed by atoms with Crippen molar-refractivity contribution in [2.24, 2.45) is 0 Å². The summed E-state index contributed by atoms with van der Waals surface area (Å²) in [5, 5.41) is 6.29. The van der Waals surface area contributed by atoms with Gasteiger partial charge in [0, 0.05) is 40.5 Å². The molecule has 0 unspecified atom stereocenters. The first-order valence-corrected chi connectivity index (χ1v) is 8.52. The van der Waals surface area contributed by atoms with Gasteiger partial charge in [0.05, 0.1) is 0 Å². The first-order chi connectivity index (χ1) is 9.58. The number of aromatic nitrogens is 1. The van der Waals surface area contributed by atoms with Crippen LogP contribution in [0, 0.1) is 0 Å². The van der Waals surface area contributed by atoms with Crippen LogP contribution in [-0.2, 0) is 10.8 Å². The van der Waals surface area contributed by atoms with E-state index in [1.807, 2.05) is 6.92 Å². The molecule has 0 aliphatic carbocycles. The number of hydrogen-bond donors (Lipinski definition) is 2. The molecular formula is C13H18ClN3O2S. The first kappa shape index (κ1) is 15.3. The van der Waals surface area contributed by atoms with Crippen molar-refractivity contribution in [3.8, 4) is 0 Å². The highest BCUT2D eigenvalue weighted by molar-refractivity contribution is 7.85. The number of hydrogen-bond acceptors (Lipinski definition) is 4. The van der Waals surface area contributed by atoms with Crippen molar-refractivity contribution in [3.05, 3.63) is 22.8 Å². The van der Waals surface area contributed by atoms with E-state index in [1.54, 1.807) is 12.1 Å². The summed E-state index contributed by atoms with van der Waals surface area (Å²) < 4.78 is 11.3. The van der Waals surface area contributed by atoms with E-state index in [4.69, 9.17) is 11.6 Å². The minimum Gasteiger partial charge on any atom is -0.370 e. The van der Waals surface area contributed by atoms with Gasteiger partial charge in [0.2, 0.25) is 0 Å². The average molecular weight is 316 g/mol. The molecule has 0 atom stereocenters. The molecule has 0 spiro atoms. The van der Waals surface area contributed by atoms with Crippen molar-refractivity contribution in [3.63, 3.8) is 0 Å². The highest BCUT2D eigenvalue weighted by atomic mass is 35.5. The summed E-state index contributed by atoms with van der Waals surface area (Å²) in [5.41, 5.74) is 0.493. The Morgan fingerprint density at radius 2 is 2.15 bits per heavy atom. The van der Waals surface area contributed by atoms with Crippen LogP contribution in [0.4, 0.5) is 5.82 Å². The monoisotopic (exact) mass is 315 g/mol. The third-order valence-corrected chi connectivity index (χ3v) is 4.71. The summed E-state index contributed by atoms with van der Waals surface area (Å²) in [6, 6.07) is 3.33. The lowest BCUT2D eigenvalue weighted by Crippen LogP contribution is -2.39. The molecule has 2 rings (SSSR count). The van der Waals surface area contributed by atoms with Gasteiger partial charge in [-0.2, -0.15) is 0 Å². The molecule has 7 heteroatoms. The summed E-state index contributed by atoms with van der Waals surface area (Å²) >= 11 is 5.92. The van der Waals surface area contributed by atoms with Gasteiger partial charge in [0.1, 0.15) is 11.0 Å². The lowest BCUT2D eigenvalue weighted by atomic mass is 10.1. The van der Waals surface area contributed by atoms with Crippen molar-refractivity contribution < 1.29 is 9.00 Å². The van der Waals surface area contributed by atoms with Gasteiger partial charge in [0.25, 0.3) is 5.91 Å². The lowest BCUT2D eigenvalue weighted by Gasteiger charge is -2.22. The fourth-order valence-corrected chi connectivity index (χ4v) is 3.61. The van der Waals surface area contributed by atoms with Gasteiger partial charge in [-0.1, -0.05) is 11.6 Å². The smallest absolute Gasteiger partial charge is 0.251 e. The van der Waals surface area contributed by atoms with Crippen LogP contribution in [0.1, 0.15) is 30.1 Å². The van der Waals surface area contributed by atoms with Crippen LogP contribution >= 0.6 is 11.6 Å². The third-order valence-electron chi connectivity index (χ3n) is 3.14. The Morgan fingerprint density at radius 1 is 1.45 bits per heavy atom. The number of halogens is 1. The lowest BCUT2D eigenvalue weighted by molar-refractivity contribution is 0.0934. The zero-order valence-corrected chi connectivity index (χ0v) is 12.9. The minimum atomic E-state index is -0.723. The summed E-state index contributed by atoms with van der Waals surface area (Å²) in [6.07, 6.45) is 1.52. The average Bonchev–Trinajstić information content (AvgIpc) is 2.41. The van der Waals surface area contributed by atoms with Crippen LogP contribution in [0.15, 0.2) is 12.1 Å². The van der Waals surface area contributed by atoms with Gasteiger partial charge in [-0.3, -0.25) is 9.00 Å². The summed E-state index contributed by atoms with van der Waals surface area (Å²) in [4.78, 5) is 16.3. The van der Waals surface area contributed by atoms with Crippen LogP contribution in [0.5, 0.6) is 0 Å². The largest absolute Gasteiger partial charge is 0.370 e. The molecular weight excluding hydrogens is 298 g/mol. The Kier molecular flexibility index (Phi) is 5.37. The van der Waals surface area contributed by atoms with E-state index in [2.05, 4.69) is 15.6 Å².